The number of aryl methyl sites for hydroxylation is 1. The minimum Gasteiger partial charge on any atom is -0.339 e. The van der Waals surface area contributed by atoms with Crippen LogP contribution in [-0.2, 0) is 14.8 Å². The van der Waals surface area contributed by atoms with Gasteiger partial charge in [0.25, 0.3) is 10.0 Å². The van der Waals surface area contributed by atoms with Crippen LogP contribution in [0, 0.1) is 6.92 Å². The molecule has 7 heteroatoms. The van der Waals surface area contributed by atoms with Crippen LogP contribution in [0.2, 0.25) is 0 Å². The van der Waals surface area contributed by atoms with Gasteiger partial charge < -0.3 is 5.32 Å². The van der Waals surface area contributed by atoms with E-state index in [1.807, 2.05) is 13.0 Å². The third kappa shape index (κ3) is 3.68. The molecule has 1 aliphatic rings. The van der Waals surface area contributed by atoms with Crippen molar-refractivity contribution in [2.75, 3.05) is 10.5 Å². The van der Waals surface area contributed by atoms with Crippen molar-refractivity contribution in [2.24, 2.45) is 0 Å². The quantitative estimate of drug-likeness (QED) is 0.891. The summed E-state index contributed by atoms with van der Waals surface area (Å²) in [5.41, 5.74) is 2.34. The lowest BCUT2D eigenvalue weighted by atomic mass is 10.2. The highest BCUT2D eigenvalue weighted by Crippen LogP contribution is 2.32. The molecule has 2 aromatic carbocycles. The van der Waals surface area contributed by atoms with E-state index in [1.54, 1.807) is 42.5 Å². The van der Waals surface area contributed by atoms with Crippen molar-refractivity contribution in [3.05, 3.63) is 59.7 Å². The molecule has 3 rings (SSSR count). The first-order valence-corrected chi connectivity index (χ1v) is 9.58. The first kappa shape index (κ1) is 15.9. The van der Waals surface area contributed by atoms with Crippen LogP contribution >= 0.6 is 11.8 Å². The van der Waals surface area contributed by atoms with Crippen molar-refractivity contribution < 1.29 is 13.2 Å². The van der Waals surface area contributed by atoms with Gasteiger partial charge in [0, 0.05) is 5.69 Å². The molecule has 1 amide bonds. The Morgan fingerprint density at radius 2 is 1.91 bits per heavy atom. The lowest BCUT2D eigenvalue weighted by Gasteiger charge is -2.13. The van der Waals surface area contributed by atoms with Crippen LogP contribution in [0.15, 0.2) is 53.4 Å². The molecule has 0 saturated carbocycles. The molecule has 1 aliphatic heterocycles. The first-order valence-electron chi connectivity index (χ1n) is 7.04. The monoisotopic (exact) mass is 348 g/mol. The van der Waals surface area contributed by atoms with Crippen molar-refractivity contribution in [2.45, 2.75) is 17.2 Å². The van der Waals surface area contributed by atoms with Crippen molar-refractivity contribution in [1.82, 2.24) is 5.32 Å². The summed E-state index contributed by atoms with van der Waals surface area (Å²) in [4.78, 5) is 11.5. The summed E-state index contributed by atoms with van der Waals surface area (Å²) in [7, 11) is -3.63. The highest BCUT2D eigenvalue weighted by molar-refractivity contribution is 8.00. The van der Waals surface area contributed by atoms with Crippen molar-refractivity contribution in [1.29, 1.82) is 0 Å². The maximum absolute atomic E-state index is 12.4. The van der Waals surface area contributed by atoms with Gasteiger partial charge >= 0.3 is 0 Å². The van der Waals surface area contributed by atoms with Crippen molar-refractivity contribution in [3.8, 4) is 0 Å². The van der Waals surface area contributed by atoms with Gasteiger partial charge in [-0.15, -0.1) is 11.8 Å². The molecule has 1 fully saturated rings. The van der Waals surface area contributed by atoms with Gasteiger partial charge in [0.05, 0.1) is 10.6 Å². The number of carbonyl (C=O) groups is 1. The molecule has 1 saturated heterocycles. The Morgan fingerprint density at radius 3 is 2.57 bits per heavy atom. The standard InChI is InChI=1S/C16H16N2O3S2/c1-11-5-7-14(8-6-11)23(20,21)18-13-4-2-3-12(9-13)16-17-15(19)10-22-16/h2-9,16,18H,10H2,1H3,(H,17,19)/t16-/m1/s1. The summed E-state index contributed by atoms with van der Waals surface area (Å²) in [6.45, 7) is 1.90. The molecule has 2 aromatic rings. The predicted molar refractivity (Wildman–Crippen MR) is 91.8 cm³/mol. The lowest BCUT2D eigenvalue weighted by Crippen LogP contribution is -2.19. The van der Waals surface area contributed by atoms with Crippen LogP contribution < -0.4 is 10.0 Å². The third-order valence-electron chi connectivity index (χ3n) is 3.45. The van der Waals surface area contributed by atoms with Gasteiger partial charge in [-0.2, -0.15) is 0 Å². The molecule has 0 aliphatic carbocycles. The number of hydrogen-bond acceptors (Lipinski definition) is 4. The number of thioether (sulfide) groups is 1. The number of benzene rings is 2. The van der Waals surface area contributed by atoms with Gasteiger partial charge in [-0.3, -0.25) is 9.52 Å². The SMILES string of the molecule is Cc1ccc(S(=O)(=O)Nc2cccc([C@@H]3NC(=O)CS3)c2)cc1. The zero-order chi connectivity index (χ0) is 16.4. The average molecular weight is 348 g/mol. The van der Waals surface area contributed by atoms with E-state index in [0.717, 1.165) is 11.1 Å². The molecule has 0 spiro atoms. The first-order chi connectivity index (χ1) is 10.9. The zero-order valence-electron chi connectivity index (χ0n) is 12.4. The summed E-state index contributed by atoms with van der Waals surface area (Å²) >= 11 is 1.49. The molecule has 2 N–H and O–H groups in total. The smallest absolute Gasteiger partial charge is 0.261 e. The Bertz CT molecular complexity index is 833. The van der Waals surface area contributed by atoms with Crippen LogP contribution in [0.25, 0.3) is 0 Å². The fourth-order valence-corrected chi connectivity index (χ4v) is 4.27. The fourth-order valence-electron chi connectivity index (χ4n) is 2.26. The van der Waals surface area contributed by atoms with Gasteiger partial charge in [0.1, 0.15) is 5.37 Å². The molecular formula is C16H16N2O3S2. The Labute approximate surface area is 139 Å². The number of carbonyl (C=O) groups excluding carboxylic acids is 1. The maximum atomic E-state index is 12.4. The van der Waals surface area contributed by atoms with Gasteiger partial charge in [-0.05, 0) is 36.8 Å². The Balaban J connectivity index is 1.82. The van der Waals surface area contributed by atoms with E-state index >= 15 is 0 Å². The van der Waals surface area contributed by atoms with Gasteiger partial charge in [0.2, 0.25) is 5.91 Å². The molecule has 1 heterocycles. The average Bonchev–Trinajstić information content (AvgIpc) is 2.94. The fraction of sp³-hybridized carbons (Fsp3) is 0.188. The molecule has 1 atom stereocenters. The second-order valence-corrected chi connectivity index (χ2v) is 8.08. The topological polar surface area (TPSA) is 75.3 Å². The van der Waals surface area contributed by atoms with Gasteiger partial charge in [-0.1, -0.05) is 29.8 Å². The molecule has 0 unspecified atom stereocenters. The lowest BCUT2D eigenvalue weighted by molar-refractivity contribution is -0.118. The Hall–Kier alpha value is -1.99. The maximum Gasteiger partial charge on any atom is 0.261 e. The number of hydrogen-bond donors (Lipinski definition) is 2. The largest absolute Gasteiger partial charge is 0.339 e. The minimum absolute atomic E-state index is 0.00867. The second kappa shape index (κ2) is 6.25. The van der Waals surface area contributed by atoms with Crippen LogP contribution in [0.3, 0.4) is 0 Å². The second-order valence-electron chi connectivity index (χ2n) is 5.30. The number of rotatable bonds is 4. The highest BCUT2D eigenvalue weighted by Gasteiger charge is 2.23. The molecule has 0 aromatic heterocycles. The van der Waals surface area contributed by atoms with E-state index in [1.165, 1.54) is 11.8 Å². The zero-order valence-corrected chi connectivity index (χ0v) is 14.1. The van der Waals surface area contributed by atoms with Crippen molar-refractivity contribution in [3.63, 3.8) is 0 Å². The van der Waals surface area contributed by atoms with Crippen LogP contribution in [-0.4, -0.2) is 20.1 Å². The Kier molecular flexibility index (Phi) is 4.32. The number of amides is 1. The summed E-state index contributed by atoms with van der Waals surface area (Å²) in [6, 6.07) is 13.8. The highest BCUT2D eigenvalue weighted by atomic mass is 32.2. The van der Waals surface area contributed by atoms with Crippen LogP contribution in [0.4, 0.5) is 5.69 Å². The molecule has 0 bridgehead atoms. The minimum atomic E-state index is -3.63. The molecule has 23 heavy (non-hydrogen) atoms. The number of anilines is 1. The van der Waals surface area contributed by atoms with Gasteiger partial charge in [-0.25, -0.2) is 8.42 Å². The summed E-state index contributed by atoms with van der Waals surface area (Å²) in [5.74, 6) is 0.412. The summed E-state index contributed by atoms with van der Waals surface area (Å²) in [5, 5.41) is 2.71. The predicted octanol–water partition coefficient (Wildman–Crippen LogP) is 2.66. The van der Waals surface area contributed by atoms with E-state index in [2.05, 4.69) is 10.0 Å². The van der Waals surface area contributed by atoms with Crippen LogP contribution in [0.5, 0.6) is 0 Å². The molecular weight excluding hydrogens is 332 g/mol. The van der Waals surface area contributed by atoms with E-state index in [9.17, 15) is 13.2 Å². The summed E-state index contributed by atoms with van der Waals surface area (Å²) < 4.78 is 27.4. The van der Waals surface area contributed by atoms with E-state index in [-0.39, 0.29) is 16.2 Å². The third-order valence-corrected chi connectivity index (χ3v) is 6.00. The number of nitrogens with one attached hydrogen (secondary N) is 2. The molecule has 5 nitrogen and oxygen atoms in total. The summed E-state index contributed by atoms with van der Waals surface area (Å²) in [6.07, 6.45) is 0. The van der Waals surface area contributed by atoms with Gasteiger partial charge in [0.15, 0.2) is 0 Å². The van der Waals surface area contributed by atoms with Crippen molar-refractivity contribution >= 4 is 33.4 Å². The normalized spacial score (nSPS) is 17.8. The Morgan fingerprint density at radius 1 is 1.17 bits per heavy atom. The molecule has 120 valence electrons. The molecule has 0 radical (unpaired) electrons. The van der Waals surface area contributed by atoms with Crippen LogP contribution in [0.1, 0.15) is 16.5 Å². The van der Waals surface area contributed by atoms with E-state index in [0.29, 0.717) is 11.4 Å². The number of sulfonamides is 1. The van der Waals surface area contributed by atoms with E-state index < -0.39 is 10.0 Å². The van der Waals surface area contributed by atoms with E-state index in [4.69, 9.17) is 0 Å².